The molecule has 0 aliphatic heterocycles. The van der Waals surface area contributed by atoms with E-state index in [0.29, 0.717) is 0 Å². The van der Waals surface area contributed by atoms with Gasteiger partial charge in [-0.2, -0.15) is 0 Å². The lowest BCUT2D eigenvalue weighted by atomic mass is 10.2. The van der Waals surface area contributed by atoms with Crippen LogP contribution in [0, 0.1) is 0 Å². The van der Waals surface area contributed by atoms with Gasteiger partial charge in [-0.1, -0.05) is 0 Å². The molecule has 0 aliphatic carbocycles. The third-order valence-corrected chi connectivity index (χ3v) is 1.78. The van der Waals surface area contributed by atoms with Crippen LogP contribution in [0.15, 0.2) is 0 Å². The molecule has 2 N–H and O–H groups in total. The maximum absolute atomic E-state index is 10.4. The molecule has 0 bridgehead atoms. The van der Waals surface area contributed by atoms with E-state index in [1.165, 1.54) is 0 Å². The van der Waals surface area contributed by atoms with Crippen LogP contribution < -0.4 is 4.72 Å². The van der Waals surface area contributed by atoms with Crippen LogP contribution in [-0.2, 0) is 11.0 Å². The van der Waals surface area contributed by atoms with Crippen molar-refractivity contribution in [2.24, 2.45) is 0 Å². The van der Waals surface area contributed by atoms with Crippen molar-refractivity contribution in [2.45, 2.75) is 26.0 Å². The first-order valence-corrected chi connectivity index (χ1v) is 4.37. The van der Waals surface area contributed by atoms with Crippen molar-refractivity contribution >= 4 is 11.0 Å². The summed E-state index contributed by atoms with van der Waals surface area (Å²) >= 11 is 0. The van der Waals surface area contributed by atoms with E-state index in [1.54, 1.807) is 20.1 Å². The highest BCUT2D eigenvalue weighted by molar-refractivity contribution is 7.82. The van der Waals surface area contributed by atoms with E-state index < -0.39 is 17.1 Å². The number of aliphatic hydroxyl groups is 1. The minimum Gasteiger partial charge on any atom is -0.392 e. The van der Waals surface area contributed by atoms with E-state index in [-0.39, 0.29) is 6.04 Å². The highest BCUT2D eigenvalue weighted by Crippen LogP contribution is 1.89. The minimum absolute atomic E-state index is 0.101. The van der Waals surface area contributed by atoms with Crippen molar-refractivity contribution in [3.05, 3.63) is 0 Å². The van der Waals surface area contributed by atoms with Crippen LogP contribution in [0.25, 0.3) is 0 Å². The Hall–Kier alpha value is 0.0700. The monoisotopic (exact) mass is 151 g/mol. The van der Waals surface area contributed by atoms with Crippen molar-refractivity contribution in [3.63, 3.8) is 0 Å². The Morgan fingerprint density at radius 1 is 1.56 bits per heavy atom. The maximum Gasteiger partial charge on any atom is 0.0886 e. The SMILES string of the molecule is CC(O)C(C)NS(C)=O. The van der Waals surface area contributed by atoms with Crippen molar-refractivity contribution < 1.29 is 9.32 Å². The van der Waals surface area contributed by atoms with Crippen molar-refractivity contribution in [3.8, 4) is 0 Å². The lowest BCUT2D eigenvalue weighted by molar-refractivity contribution is 0.164. The fourth-order valence-corrected chi connectivity index (χ4v) is 1.08. The predicted molar refractivity (Wildman–Crippen MR) is 38.3 cm³/mol. The van der Waals surface area contributed by atoms with Gasteiger partial charge in [0.15, 0.2) is 0 Å². The van der Waals surface area contributed by atoms with Crippen LogP contribution >= 0.6 is 0 Å². The molecule has 0 aromatic rings. The largest absolute Gasteiger partial charge is 0.392 e. The molecule has 0 aromatic heterocycles. The molecule has 3 atom stereocenters. The fraction of sp³-hybridized carbons (Fsp3) is 1.00. The zero-order chi connectivity index (χ0) is 7.44. The number of hydrogen-bond donors (Lipinski definition) is 2. The van der Waals surface area contributed by atoms with Gasteiger partial charge in [0.05, 0.1) is 17.1 Å². The van der Waals surface area contributed by atoms with Gasteiger partial charge in [0.25, 0.3) is 0 Å². The summed E-state index contributed by atoms with van der Waals surface area (Å²) in [7, 11) is -1.03. The van der Waals surface area contributed by atoms with E-state index in [9.17, 15) is 4.21 Å². The summed E-state index contributed by atoms with van der Waals surface area (Å²) in [6, 6.07) is -0.101. The van der Waals surface area contributed by atoms with Crippen molar-refractivity contribution in [1.29, 1.82) is 0 Å². The molecule has 0 aromatic carbocycles. The molecule has 3 nitrogen and oxygen atoms in total. The average Bonchev–Trinajstić information content (AvgIpc) is 1.63. The first kappa shape index (κ1) is 9.07. The summed E-state index contributed by atoms with van der Waals surface area (Å²) in [6.07, 6.45) is 1.09. The minimum atomic E-state index is -1.03. The van der Waals surface area contributed by atoms with E-state index in [4.69, 9.17) is 5.11 Å². The van der Waals surface area contributed by atoms with Gasteiger partial charge in [0, 0.05) is 12.3 Å². The zero-order valence-corrected chi connectivity index (χ0v) is 6.73. The first-order chi connectivity index (χ1) is 4.04. The maximum atomic E-state index is 10.4. The third-order valence-electron chi connectivity index (χ3n) is 1.08. The van der Waals surface area contributed by atoms with Gasteiger partial charge < -0.3 is 5.11 Å². The number of aliphatic hydroxyl groups excluding tert-OH is 1. The zero-order valence-electron chi connectivity index (χ0n) is 5.92. The quantitative estimate of drug-likeness (QED) is 0.578. The molecule has 4 heteroatoms. The van der Waals surface area contributed by atoms with Crippen LogP contribution in [0.2, 0.25) is 0 Å². The molecule has 3 unspecified atom stereocenters. The van der Waals surface area contributed by atoms with Crippen molar-refractivity contribution in [2.75, 3.05) is 6.26 Å². The fourth-order valence-electron chi connectivity index (χ4n) is 0.360. The second-order valence-corrected chi connectivity index (χ2v) is 3.25. The Kier molecular flexibility index (Phi) is 4.01. The van der Waals surface area contributed by atoms with E-state index in [0.717, 1.165) is 0 Å². The molecule has 0 saturated carbocycles. The molecule has 0 heterocycles. The standard InChI is InChI=1S/C5H13NO2S/c1-4(5(2)7)6-9(3)8/h4-7H,1-3H3. The van der Waals surface area contributed by atoms with E-state index >= 15 is 0 Å². The highest BCUT2D eigenvalue weighted by Gasteiger charge is 2.07. The summed E-state index contributed by atoms with van der Waals surface area (Å²) in [5.74, 6) is 0. The van der Waals surface area contributed by atoms with Gasteiger partial charge in [-0.25, -0.2) is 8.93 Å². The summed E-state index contributed by atoms with van der Waals surface area (Å²) < 4.78 is 13.1. The molecule has 9 heavy (non-hydrogen) atoms. The van der Waals surface area contributed by atoms with Gasteiger partial charge in [-0.15, -0.1) is 0 Å². The molecular weight excluding hydrogens is 138 g/mol. The van der Waals surface area contributed by atoms with Gasteiger partial charge in [0.2, 0.25) is 0 Å². The second-order valence-electron chi connectivity index (χ2n) is 2.10. The first-order valence-electron chi connectivity index (χ1n) is 2.81. The molecule has 0 aliphatic rings. The molecule has 0 saturated heterocycles. The molecule has 0 amide bonds. The Balaban J connectivity index is 3.50. The van der Waals surface area contributed by atoms with Crippen LogP contribution in [-0.4, -0.2) is 27.7 Å². The summed E-state index contributed by atoms with van der Waals surface area (Å²) in [5.41, 5.74) is 0. The summed E-state index contributed by atoms with van der Waals surface area (Å²) in [4.78, 5) is 0. The van der Waals surface area contributed by atoms with Gasteiger partial charge >= 0.3 is 0 Å². The highest BCUT2D eigenvalue weighted by atomic mass is 32.2. The van der Waals surface area contributed by atoms with Crippen molar-refractivity contribution in [1.82, 2.24) is 4.72 Å². The molecular formula is C5H13NO2S. The van der Waals surface area contributed by atoms with Crippen LogP contribution in [0.4, 0.5) is 0 Å². The van der Waals surface area contributed by atoms with Gasteiger partial charge in [-0.05, 0) is 13.8 Å². The summed E-state index contributed by atoms with van der Waals surface area (Å²) in [6.45, 7) is 3.44. The molecule has 0 spiro atoms. The molecule has 0 radical (unpaired) electrons. The number of nitrogens with one attached hydrogen (secondary N) is 1. The Morgan fingerprint density at radius 3 is 2.11 bits per heavy atom. The third kappa shape index (κ3) is 4.57. The van der Waals surface area contributed by atoms with E-state index in [2.05, 4.69) is 4.72 Å². The van der Waals surface area contributed by atoms with Crippen LogP contribution in [0.3, 0.4) is 0 Å². The van der Waals surface area contributed by atoms with E-state index in [1.807, 2.05) is 0 Å². The number of hydrogen-bond acceptors (Lipinski definition) is 2. The Bertz CT molecular complexity index is 105. The normalized spacial score (nSPS) is 20.9. The lowest BCUT2D eigenvalue weighted by Gasteiger charge is -2.13. The molecule has 0 fully saturated rings. The van der Waals surface area contributed by atoms with Gasteiger partial charge in [-0.3, -0.25) is 0 Å². The Morgan fingerprint density at radius 2 is 2.00 bits per heavy atom. The second kappa shape index (κ2) is 3.98. The van der Waals surface area contributed by atoms with Gasteiger partial charge in [0.1, 0.15) is 0 Å². The molecule has 0 rings (SSSR count). The number of rotatable bonds is 3. The topological polar surface area (TPSA) is 49.3 Å². The average molecular weight is 151 g/mol. The van der Waals surface area contributed by atoms with Crippen LogP contribution in [0.1, 0.15) is 13.8 Å². The lowest BCUT2D eigenvalue weighted by Crippen LogP contribution is -2.36. The predicted octanol–water partition coefficient (Wildman–Crippen LogP) is -0.361. The summed E-state index contributed by atoms with van der Waals surface area (Å²) in [5, 5.41) is 8.87. The Labute approximate surface area is 58.1 Å². The molecule has 56 valence electrons. The van der Waals surface area contributed by atoms with Crippen LogP contribution in [0.5, 0.6) is 0 Å². The smallest absolute Gasteiger partial charge is 0.0886 e.